The van der Waals surface area contributed by atoms with Crippen molar-refractivity contribution in [2.45, 2.75) is 46.1 Å². The Morgan fingerprint density at radius 3 is 2.74 bits per heavy atom. The molecule has 1 aliphatic carbocycles. The molecule has 6 nitrogen and oxygen atoms in total. The lowest BCUT2D eigenvalue weighted by molar-refractivity contribution is 0.136. The summed E-state index contributed by atoms with van der Waals surface area (Å²) < 4.78 is 5.42. The zero-order valence-corrected chi connectivity index (χ0v) is 16.6. The number of para-hydroxylation sites is 2. The second-order valence-electron chi connectivity index (χ2n) is 9.13. The normalized spacial score (nSPS) is 26.1. The Kier molecular flexibility index (Phi) is 4.17. The molecule has 2 aliphatic rings. The van der Waals surface area contributed by atoms with E-state index in [0.717, 1.165) is 23.8 Å². The zero-order chi connectivity index (χ0) is 19.2. The van der Waals surface area contributed by atoms with Crippen LogP contribution in [0.5, 0.6) is 5.75 Å². The number of rotatable bonds is 4. The summed E-state index contributed by atoms with van der Waals surface area (Å²) in [4.78, 5) is 11.3. The summed E-state index contributed by atoms with van der Waals surface area (Å²) in [6.45, 7) is 8.14. The van der Waals surface area contributed by atoms with E-state index in [4.69, 9.17) is 10.5 Å². The first-order valence-electron chi connectivity index (χ1n) is 9.57. The van der Waals surface area contributed by atoms with Crippen LogP contribution < -0.4 is 20.7 Å². The number of nitrogens with zero attached hydrogens (tertiary/aromatic N) is 3. The molecular weight excluding hydrogens is 338 g/mol. The molecule has 6 heteroatoms. The van der Waals surface area contributed by atoms with E-state index in [0.29, 0.717) is 28.4 Å². The lowest BCUT2D eigenvalue weighted by atomic mass is 9.65. The number of methoxy groups -OCH3 is 1. The maximum absolute atomic E-state index is 6.53. The van der Waals surface area contributed by atoms with Gasteiger partial charge in [0.1, 0.15) is 17.8 Å². The smallest absolute Gasteiger partial charge is 0.159 e. The van der Waals surface area contributed by atoms with E-state index >= 15 is 0 Å². The summed E-state index contributed by atoms with van der Waals surface area (Å²) in [6, 6.07) is 8.23. The van der Waals surface area contributed by atoms with Gasteiger partial charge in [-0.2, -0.15) is 0 Å². The van der Waals surface area contributed by atoms with Crippen LogP contribution in [0.3, 0.4) is 0 Å². The van der Waals surface area contributed by atoms with Crippen molar-refractivity contribution in [2.24, 2.45) is 10.8 Å². The van der Waals surface area contributed by atoms with Crippen LogP contribution in [-0.4, -0.2) is 29.7 Å². The molecule has 144 valence electrons. The number of aromatic nitrogens is 2. The highest BCUT2D eigenvalue weighted by Gasteiger charge is 2.50. The minimum atomic E-state index is 0.319. The molecule has 0 amide bonds. The van der Waals surface area contributed by atoms with Gasteiger partial charge in [-0.05, 0) is 42.2 Å². The lowest BCUT2D eigenvalue weighted by Crippen LogP contribution is -2.35. The van der Waals surface area contributed by atoms with Crippen LogP contribution >= 0.6 is 0 Å². The van der Waals surface area contributed by atoms with Crippen LogP contribution in [0, 0.1) is 10.8 Å². The highest BCUT2D eigenvalue weighted by atomic mass is 16.5. The predicted octanol–water partition coefficient (Wildman–Crippen LogP) is 4.22. The Hall–Kier alpha value is -2.50. The van der Waals surface area contributed by atoms with E-state index in [1.54, 1.807) is 13.4 Å². The van der Waals surface area contributed by atoms with Gasteiger partial charge in [0.05, 0.1) is 12.8 Å². The van der Waals surface area contributed by atoms with Crippen molar-refractivity contribution in [1.29, 1.82) is 0 Å². The van der Waals surface area contributed by atoms with Crippen molar-refractivity contribution in [3.8, 4) is 5.75 Å². The average Bonchev–Trinajstić information content (AvgIpc) is 2.86. The van der Waals surface area contributed by atoms with Crippen molar-refractivity contribution in [3.63, 3.8) is 0 Å². The molecule has 0 radical (unpaired) electrons. The van der Waals surface area contributed by atoms with E-state index < -0.39 is 0 Å². The first-order chi connectivity index (χ1) is 12.8. The molecule has 1 aliphatic heterocycles. The number of hydrogen-bond donors (Lipinski definition) is 2. The average molecular weight is 367 g/mol. The van der Waals surface area contributed by atoms with Crippen LogP contribution in [-0.2, 0) is 0 Å². The van der Waals surface area contributed by atoms with E-state index in [1.165, 1.54) is 19.3 Å². The first-order valence-corrected chi connectivity index (χ1v) is 9.57. The highest BCUT2D eigenvalue weighted by molar-refractivity contribution is 5.80. The number of benzene rings is 1. The van der Waals surface area contributed by atoms with E-state index in [9.17, 15) is 0 Å². The Morgan fingerprint density at radius 1 is 1.19 bits per heavy atom. The van der Waals surface area contributed by atoms with Gasteiger partial charge in [0.15, 0.2) is 11.6 Å². The maximum Gasteiger partial charge on any atom is 0.159 e. The Bertz CT molecular complexity index is 852. The van der Waals surface area contributed by atoms with Crippen LogP contribution in [0.25, 0.3) is 0 Å². The van der Waals surface area contributed by atoms with Gasteiger partial charge in [-0.1, -0.05) is 32.9 Å². The second-order valence-corrected chi connectivity index (χ2v) is 9.13. The predicted molar refractivity (Wildman–Crippen MR) is 110 cm³/mol. The molecule has 2 unspecified atom stereocenters. The Balaban J connectivity index is 1.65. The fourth-order valence-electron chi connectivity index (χ4n) is 5.30. The molecule has 2 aromatic rings. The summed E-state index contributed by atoms with van der Waals surface area (Å²) in [6.07, 6.45) is 5.21. The van der Waals surface area contributed by atoms with Crippen LogP contribution in [0.15, 0.2) is 30.6 Å². The Labute approximate surface area is 161 Å². The van der Waals surface area contributed by atoms with Crippen LogP contribution in [0.4, 0.5) is 23.0 Å². The highest BCUT2D eigenvalue weighted by Crippen LogP contribution is 2.54. The minimum absolute atomic E-state index is 0.319. The SMILES string of the molecule is COc1ccccc1Nc1ncnc(N2CC3(C)CC2CC(C)(C)C3)c1N. The molecule has 0 spiro atoms. The molecule has 2 atom stereocenters. The summed E-state index contributed by atoms with van der Waals surface area (Å²) in [5, 5.41) is 3.31. The zero-order valence-electron chi connectivity index (χ0n) is 16.6. The van der Waals surface area contributed by atoms with Gasteiger partial charge in [-0.15, -0.1) is 0 Å². The van der Waals surface area contributed by atoms with E-state index in [2.05, 4.69) is 41.0 Å². The van der Waals surface area contributed by atoms with Gasteiger partial charge in [0.2, 0.25) is 0 Å². The summed E-state index contributed by atoms with van der Waals surface area (Å²) in [5.41, 5.74) is 8.63. The molecule has 1 saturated carbocycles. The summed E-state index contributed by atoms with van der Waals surface area (Å²) >= 11 is 0. The van der Waals surface area contributed by atoms with E-state index in [-0.39, 0.29) is 0 Å². The van der Waals surface area contributed by atoms with Gasteiger partial charge in [0.25, 0.3) is 0 Å². The third-order valence-electron chi connectivity index (χ3n) is 5.91. The molecule has 1 saturated heterocycles. The van der Waals surface area contributed by atoms with Crippen molar-refractivity contribution in [1.82, 2.24) is 9.97 Å². The molecule has 2 bridgehead atoms. The summed E-state index contributed by atoms with van der Waals surface area (Å²) in [5.74, 6) is 2.22. The number of nitrogen functional groups attached to an aromatic ring is 1. The quantitative estimate of drug-likeness (QED) is 0.843. The molecular formula is C21H29N5O. The van der Waals surface area contributed by atoms with Crippen molar-refractivity contribution in [2.75, 3.05) is 29.6 Å². The minimum Gasteiger partial charge on any atom is -0.495 e. The number of nitrogens with two attached hydrogens (primary N) is 1. The lowest BCUT2D eigenvalue weighted by Gasteiger charge is -2.39. The van der Waals surface area contributed by atoms with Gasteiger partial charge in [-0.25, -0.2) is 9.97 Å². The summed E-state index contributed by atoms with van der Waals surface area (Å²) in [7, 11) is 1.65. The topological polar surface area (TPSA) is 76.3 Å². The first kappa shape index (κ1) is 17.9. The van der Waals surface area contributed by atoms with Crippen molar-refractivity contribution in [3.05, 3.63) is 30.6 Å². The molecule has 2 fully saturated rings. The number of fused-ring (bicyclic) bond motifs is 2. The number of ether oxygens (including phenoxy) is 1. The molecule has 27 heavy (non-hydrogen) atoms. The fraction of sp³-hybridized carbons (Fsp3) is 0.524. The Morgan fingerprint density at radius 2 is 1.96 bits per heavy atom. The van der Waals surface area contributed by atoms with E-state index in [1.807, 2.05) is 24.3 Å². The molecule has 1 aromatic heterocycles. The maximum atomic E-state index is 6.53. The van der Waals surface area contributed by atoms with Crippen LogP contribution in [0.1, 0.15) is 40.0 Å². The monoisotopic (exact) mass is 367 g/mol. The van der Waals surface area contributed by atoms with Crippen LogP contribution in [0.2, 0.25) is 0 Å². The largest absolute Gasteiger partial charge is 0.495 e. The van der Waals surface area contributed by atoms with Gasteiger partial charge in [-0.3, -0.25) is 0 Å². The van der Waals surface area contributed by atoms with Crippen molar-refractivity contribution >= 4 is 23.0 Å². The van der Waals surface area contributed by atoms with Gasteiger partial charge < -0.3 is 20.7 Å². The number of anilines is 4. The third-order valence-corrected chi connectivity index (χ3v) is 5.91. The molecule has 1 aromatic carbocycles. The molecule has 2 heterocycles. The third kappa shape index (κ3) is 3.29. The number of nitrogens with one attached hydrogen (secondary N) is 1. The standard InChI is InChI=1S/C21H29N5O/c1-20(2)9-14-10-21(3,11-20)12-26(14)19-17(22)18(23-13-24-19)25-15-7-5-6-8-16(15)27-4/h5-8,13-14H,9-12,22H2,1-4H3,(H,23,24,25). The molecule has 4 rings (SSSR count). The van der Waals surface area contributed by atoms with Gasteiger partial charge >= 0.3 is 0 Å². The molecule has 3 N–H and O–H groups in total. The second kappa shape index (κ2) is 6.29. The van der Waals surface area contributed by atoms with Crippen molar-refractivity contribution < 1.29 is 4.74 Å². The number of hydrogen-bond acceptors (Lipinski definition) is 6. The fourth-order valence-corrected chi connectivity index (χ4v) is 5.30. The van der Waals surface area contributed by atoms with Gasteiger partial charge in [0, 0.05) is 12.6 Å².